The van der Waals surface area contributed by atoms with Crippen molar-refractivity contribution in [2.75, 3.05) is 13.1 Å². The van der Waals surface area contributed by atoms with Crippen LogP contribution in [0.2, 0.25) is 0 Å². The fraction of sp³-hybridized carbons (Fsp3) is 0.643. The van der Waals surface area contributed by atoms with E-state index in [0.29, 0.717) is 25.2 Å². The summed E-state index contributed by atoms with van der Waals surface area (Å²) in [6.45, 7) is 10.1. The second-order valence-electron chi connectivity index (χ2n) is 12.6. The van der Waals surface area contributed by atoms with Gasteiger partial charge < -0.3 is 31.3 Å². The van der Waals surface area contributed by atoms with Crippen LogP contribution in [0.3, 0.4) is 0 Å². The highest BCUT2D eigenvalue weighted by atomic mass is 16.6. The predicted molar refractivity (Wildman–Crippen MR) is 144 cm³/mol. The lowest BCUT2D eigenvalue weighted by Crippen LogP contribution is -2.58. The molecule has 4 rings (SSSR count). The Hall–Kier alpha value is -3.70. The van der Waals surface area contributed by atoms with Crippen LogP contribution in [0.4, 0.5) is 4.79 Å². The lowest BCUT2D eigenvalue weighted by atomic mass is 9.96. The number of fused-ring (bicyclic) bond motifs is 1. The van der Waals surface area contributed by atoms with E-state index in [9.17, 15) is 24.0 Å². The third kappa shape index (κ3) is 6.37. The SMILES string of the molecule is CC(C)(C)OC(=O)N[C@@H](Cc1ccccn1)C(=O)N1C[C@H]2[C@@H]([C@H]1C(=O)N[C@@H](C[C@@H]1CCNC1=O)C(N)=O)C2(C)C. The minimum atomic E-state index is -1.05. The molecule has 3 heterocycles. The number of rotatable bonds is 9. The van der Waals surface area contributed by atoms with Crippen LogP contribution in [0.25, 0.3) is 0 Å². The highest BCUT2D eigenvalue weighted by Crippen LogP contribution is 2.64. The Morgan fingerprint density at radius 3 is 2.50 bits per heavy atom. The van der Waals surface area contributed by atoms with Crippen LogP contribution in [0.15, 0.2) is 24.4 Å². The highest BCUT2D eigenvalue weighted by molar-refractivity contribution is 5.95. The van der Waals surface area contributed by atoms with E-state index in [4.69, 9.17) is 10.5 Å². The number of pyridine rings is 1. The molecule has 1 aromatic heterocycles. The maximum atomic E-state index is 14.0. The van der Waals surface area contributed by atoms with E-state index in [0.717, 1.165) is 0 Å². The number of nitrogens with zero attached hydrogens (tertiary/aromatic N) is 2. The number of piperidine rings is 1. The van der Waals surface area contributed by atoms with Gasteiger partial charge in [-0.05, 0) is 63.0 Å². The molecule has 6 atom stereocenters. The summed E-state index contributed by atoms with van der Waals surface area (Å²) in [7, 11) is 0. The van der Waals surface area contributed by atoms with Crippen molar-refractivity contribution >= 4 is 29.7 Å². The molecular weight excluding hydrogens is 516 g/mol. The molecule has 218 valence electrons. The monoisotopic (exact) mass is 556 g/mol. The number of hydrogen-bond donors (Lipinski definition) is 4. The number of alkyl carbamates (subject to hydrolysis) is 1. The first-order chi connectivity index (χ1) is 18.7. The summed E-state index contributed by atoms with van der Waals surface area (Å²) in [6, 6.07) is 2.34. The minimum Gasteiger partial charge on any atom is -0.444 e. The number of ether oxygens (including phenoxy) is 1. The van der Waals surface area contributed by atoms with Crippen molar-refractivity contribution in [2.45, 2.75) is 77.6 Å². The van der Waals surface area contributed by atoms with Crippen LogP contribution >= 0.6 is 0 Å². The van der Waals surface area contributed by atoms with Crippen LogP contribution in [0.5, 0.6) is 0 Å². The molecule has 1 saturated carbocycles. The molecule has 0 unspecified atom stereocenters. The number of primary amides is 1. The average Bonchev–Trinajstić information content (AvgIpc) is 3.20. The summed E-state index contributed by atoms with van der Waals surface area (Å²) < 4.78 is 5.40. The number of nitrogens with one attached hydrogen (secondary N) is 3. The maximum absolute atomic E-state index is 14.0. The average molecular weight is 557 g/mol. The molecule has 0 bridgehead atoms. The smallest absolute Gasteiger partial charge is 0.408 e. The van der Waals surface area contributed by atoms with Crippen LogP contribution in [0, 0.1) is 23.2 Å². The quantitative estimate of drug-likeness (QED) is 0.343. The Morgan fingerprint density at radius 2 is 1.93 bits per heavy atom. The van der Waals surface area contributed by atoms with Gasteiger partial charge in [0.25, 0.3) is 0 Å². The Kier molecular flexibility index (Phi) is 8.09. The zero-order valence-electron chi connectivity index (χ0n) is 23.7. The topological polar surface area (TPSA) is 173 Å². The largest absolute Gasteiger partial charge is 0.444 e. The van der Waals surface area contributed by atoms with Gasteiger partial charge in [-0.15, -0.1) is 0 Å². The molecule has 12 heteroatoms. The Balaban J connectivity index is 1.55. The van der Waals surface area contributed by atoms with E-state index in [-0.39, 0.29) is 36.0 Å². The van der Waals surface area contributed by atoms with Gasteiger partial charge in [-0.2, -0.15) is 0 Å². The molecule has 12 nitrogen and oxygen atoms in total. The molecule has 2 aliphatic heterocycles. The molecule has 40 heavy (non-hydrogen) atoms. The van der Waals surface area contributed by atoms with E-state index in [1.807, 2.05) is 13.8 Å². The van der Waals surface area contributed by atoms with Gasteiger partial charge in [-0.1, -0.05) is 19.9 Å². The lowest BCUT2D eigenvalue weighted by Gasteiger charge is -2.34. The number of amides is 5. The second-order valence-corrected chi connectivity index (χ2v) is 12.6. The van der Waals surface area contributed by atoms with Crippen LogP contribution in [-0.2, 0) is 30.3 Å². The molecule has 5 amide bonds. The molecule has 3 aliphatic rings. The van der Waals surface area contributed by atoms with Crippen molar-refractivity contribution in [3.63, 3.8) is 0 Å². The van der Waals surface area contributed by atoms with Crippen molar-refractivity contribution in [3.05, 3.63) is 30.1 Å². The van der Waals surface area contributed by atoms with Crippen molar-refractivity contribution in [1.82, 2.24) is 25.8 Å². The number of likely N-dealkylation sites (tertiary alicyclic amines) is 1. The number of aromatic nitrogens is 1. The first kappa shape index (κ1) is 29.3. The van der Waals surface area contributed by atoms with Crippen molar-refractivity contribution in [1.29, 1.82) is 0 Å². The first-order valence-corrected chi connectivity index (χ1v) is 13.8. The molecule has 5 N–H and O–H groups in total. The summed E-state index contributed by atoms with van der Waals surface area (Å²) in [5.74, 6) is -2.33. The normalized spacial score (nSPS) is 26.2. The van der Waals surface area contributed by atoms with Gasteiger partial charge >= 0.3 is 6.09 Å². The van der Waals surface area contributed by atoms with E-state index in [2.05, 4.69) is 20.9 Å². The molecule has 1 aromatic rings. The van der Waals surface area contributed by atoms with Gasteiger partial charge in [0.15, 0.2) is 0 Å². The first-order valence-electron chi connectivity index (χ1n) is 13.8. The molecule has 0 aromatic carbocycles. The number of nitrogens with two attached hydrogens (primary N) is 1. The third-order valence-corrected chi connectivity index (χ3v) is 8.23. The van der Waals surface area contributed by atoms with Gasteiger partial charge in [0.05, 0.1) is 0 Å². The lowest BCUT2D eigenvalue weighted by molar-refractivity contribution is -0.142. The fourth-order valence-electron chi connectivity index (χ4n) is 6.05. The van der Waals surface area contributed by atoms with Crippen molar-refractivity contribution < 1.29 is 28.7 Å². The van der Waals surface area contributed by atoms with Gasteiger partial charge in [0.2, 0.25) is 23.6 Å². The van der Waals surface area contributed by atoms with Crippen molar-refractivity contribution in [3.8, 4) is 0 Å². The number of hydrogen-bond acceptors (Lipinski definition) is 7. The zero-order chi connectivity index (χ0) is 29.4. The predicted octanol–water partition coefficient (Wildman–Crippen LogP) is 0.497. The minimum absolute atomic E-state index is 0.0804. The number of carbonyl (C=O) groups excluding carboxylic acids is 5. The molecule has 0 radical (unpaired) electrons. The number of carbonyl (C=O) groups is 5. The zero-order valence-corrected chi connectivity index (χ0v) is 23.7. The molecule has 2 saturated heterocycles. The van der Waals surface area contributed by atoms with E-state index < -0.39 is 53.5 Å². The second kappa shape index (κ2) is 11.1. The van der Waals surface area contributed by atoms with Crippen LogP contribution < -0.4 is 21.7 Å². The Labute approximate surface area is 234 Å². The van der Waals surface area contributed by atoms with E-state index in [1.165, 1.54) is 4.90 Å². The van der Waals surface area contributed by atoms with E-state index >= 15 is 0 Å². The molecule has 1 aliphatic carbocycles. The summed E-state index contributed by atoms with van der Waals surface area (Å²) >= 11 is 0. The molecule has 0 spiro atoms. The standard InChI is InChI=1S/C28H40N6O6/c1-27(2,3)40-26(39)33-19(13-16-8-6-7-10-30-16)25(38)34-14-17-20(28(17,4)5)21(34)24(37)32-18(22(29)35)12-15-9-11-31-23(15)36/h6-8,10,15,17-21H,9,11-14H2,1-5H3,(H2,29,35)(H,31,36)(H,32,37)(H,33,39)/t15-,17-,18-,19-,20-,21-/m0/s1. The van der Waals surface area contributed by atoms with Gasteiger partial charge in [0.1, 0.15) is 23.7 Å². The Morgan fingerprint density at radius 1 is 1.20 bits per heavy atom. The third-order valence-electron chi connectivity index (χ3n) is 8.23. The summed E-state index contributed by atoms with van der Waals surface area (Å²) in [4.78, 5) is 70.5. The van der Waals surface area contributed by atoms with Crippen LogP contribution in [-0.4, -0.2) is 76.4 Å². The Bertz CT molecular complexity index is 1170. The summed E-state index contributed by atoms with van der Waals surface area (Å²) in [5, 5.41) is 8.14. The molecule has 3 fully saturated rings. The van der Waals surface area contributed by atoms with E-state index in [1.54, 1.807) is 45.2 Å². The van der Waals surface area contributed by atoms with Gasteiger partial charge in [0, 0.05) is 37.3 Å². The fourth-order valence-corrected chi connectivity index (χ4v) is 6.05. The highest BCUT2D eigenvalue weighted by Gasteiger charge is 2.69. The maximum Gasteiger partial charge on any atom is 0.408 e. The van der Waals surface area contributed by atoms with Crippen LogP contribution in [0.1, 0.15) is 53.2 Å². The summed E-state index contributed by atoms with van der Waals surface area (Å²) in [6.07, 6.45) is 1.59. The van der Waals surface area contributed by atoms with Crippen molar-refractivity contribution in [2.24, 2.45) is 28.9 Å². The summed E-state index contributed by atoms with van der Waals surface area (Å²) in [5.41, 5.74) is 5.24. The van der Waals surface area contributed by atoms with Gasteiger partial charge in [-0.25, -0.2) is 4.79 Å². The molecular formula is C28H40N6O6. The van der Waals surface area contributed by atoms with Gasteiger partial charge in [-0.3, -0.25) is 24.2 Å².